The summed E-state index contributed by atoms with van der Waals surface area (Å²) in [6.45, 7) is 7.84. The van der Waals surface area contributed by atoms with Gasteiger partial charge in [0.25, 0.3) is 0 Å². The van der Waals surface area contributed by atoms with Gasteiger partial charge in [0.2, 0.25) is 0 Å². The van der Waals surface area contributed by atoms with Crippen molar-refractivity contribution in [3.05, 3.63) is 35.8 Å². The Morgan fingerprint density at radius 3 is 2.47 bits per heavy atom. The molecule has 2 N–H and O–H groups in total. The van der Waals surface area contributed by atoms with E-state index < -0.39 is 5.54 Å². The number of rotatable bonds is 4. The smallest absolute Gasteiger partial charge is 0.315 e. The number of carbonyl (C=O) groups is 1. The van der Waals surface area contributed by atoms with Crippen molar-refractivity contribution in [2.75, 3.05) is 7.05 Å². The minimum absolute atomic E-state index is 0.163. The number of amides is 2. The second-order valence-corrected chi connectivity index (χ2v) is 4.02. The van der Waals surface area contributed by atoms with E-state index in [-0.39, 0.29) is 11.9 Å². The van der Waals surface area contributed by atoms with Gasteiger partial charge in [-0.15, -0.1) is 0 Å². The predicted octanol–water partition coefficient (Wildman–Crippen LogP) is 2.77. The molecule has 0 aromatic carbocycles. The topological polar surface area (TPSA) is 41.1 Å². The molecule has 3 heteroatoms. The molecule has 0 aliphatic carbocycles. The first kappa shape index (κ1) is 15.3. The number of nitrogens with one attached hydrogen (secondary N) is 2. The van der Waals surface area contributed by atoms with Crippen molar-refractivity contribution in [2.45, 2.75) is 33.2 Å². The molecule has 0 aromatic rings. The van der Waals surface area contributed by atoms with Crippen molar-refractivity contribution in [3.8, 4) is 0 Å². The summed E-state index contributed by atoms with van der Waals surface area (Å²) in [4.78, 5) is 11.4. The normalized spacial score (nSPS) is 15.1. The second-order valence-electron chi connectivity index (χ2n) is 4.02. The van der Waals surface area contributed by atoms with Gasteiger partial charge in [0, 0.05) is 13.0 Å². The third-order valence-corrected chi connectivity index (χ3v) is 2.64. The molecule has 0 heterocycles. The first-order chi connectivity index (χ1) is 8.00. The van der Waals surface area contributed by atoms with Crippen LogP contribution in [0.5, 0.6) is 0 Å². The summed E-state index contributed by atoms with van der Waals surface area (Å²) in [6.07, 6.45) is 7.62. The SMILES string of the molecule is CC=C=C=CC(C)(NC(=O)NC)C(C)/C=C\C. The van der Waals surface area contributed by atoms with E-state index in [0.717, 1.165) is 0 Å². The molecular weight excluding hydrogens is 212 g/mol. The van der Waals surface area contributed by atoms with Crippen LogP contribution in [0.1, 0.15) is 27.7 Å². The number of carbonyl (C=O) groups excluding carboxylic acids is 1. The van der Waals surface area contributed by atoms with E-state index in [4.69, 9.17) is 0 Å². The van der Waals surface area contributed by atoms with Crippen molar-refractivity contribution < 1.29 is 4.79 Å². The minimum atomic E-state index is -0.484. The molecule has 94 valence electrons. The summed E-state index contributed by atoms with van der Waals surface area (Å²) in [7, 11) is 1.60. The molecule has 0 bridgehead atoms. The lowest BCUT2D eigenvalue weighted by Gasteiger charge is -2.31. The van der Waals surface area contributed by atoms with Gasteiger partial charge in [-0.05, 0) is 32.9 Å². The molecule has 2 atom stereocenters. The van der Waals surface area contributed by atoms with Gasteiger partial charge < -0.3 is 10.6 Å². The van der Waals surface area contributed by atoms with Gasteiger partial charge in [-0.2, -0.15) is 0 Å². The Bertz CT molecular complexity index is 372. The lowest BCUT2D eigenvalue weighted by atomic mass is 9.86. The highest BCUT2D eigenvalue weighted by Crippen LogP contribution is 2.19. The van der Waals surface area contributed by atoms with Gasteiger partial charge in [0.05, 0.1) is 5.54 Å². The third-order valence-electron chi connectivity index (χ3n) is 2.64. The molecule has 0 fully saturated rings. The summed E-state index contributed by atoms with van der Waals surface area (Å²) in [6, 6.07) is -0.206. The molecule has 0 aliphatic rings. The van der Waals surface area contributed by atoms with E-state index in [1.54, 1.807) is 13.1 Å². The Morgan fingerprint density at radius 1 is 1.35 bits per heavy atom. The predicted molar refractivity (Wildman–Crippen MR) is 71.8 cm³/mol. The molecule has 2 amide bonds. The van der Waals surface area contributed by atoms with Crippen molar-refractivity contribution in [1.82, 2.24) is 10.6 Å². The largest absolute Gasteiger partial charge is 0.341 e. The minimum Gasteiger partial charge on any atom is -0.341 e. The lowest BCUT2D eigenvalue weighted by Crippen LogP contribution is -2.51. The van der Waals surface area contributed by atoms with Gasteiger partial charge in [0.1, 0.15) is 0 Å². The maximum atomic E-state index is 11.4. The number of allylic oxidation sites excluding steroid dienone is 2. The fraction of sp³-hybridized carbons (Fsp3) is 0.500. The summed E-state index contributed by atoms with van der Waals surface area (Å²) >= 11 is 0. The van der Waals surface area contributed by atoms with Gasteiger partial charge in [-0.1, -0.05) is 30.5 Å². The van der Waals surface area contributed by atoms with Crippen LogP contribution in [0, 0.1) is 5.92 Å². The van der Waals surface area contributed by atoms with Crippen LogP contribution >= 0.6 is 0 Å². The van der Waals surface area contributed by atoms with Crippen LogP contribution in [0.4, 0.5) is 4.79 Å². The van der Waals surface area contributed by atoms with Crippen LogP contribution in [0.3, 0.4) is 0 Å². The fourth-order valence-electron chi connectivity index (χ4n) is 1.35. The van der Waals surface area contributed by atoms with Crippen LogP contribution in [0.2, 0.25) is 0 Å². The number of urea groups is 1. The highest BCUT2D eigenvalue weighted by atomic mass is 16.2. The number of hydrogen-bond donors (Lipinski definition) is 2. The van der Waals surface area contributed by atoms with Crippen molar-refractivity contribution >= 4 is 6.03 Å². The Hall–Kier alpha value is -1.69. The number of hydrogen-bond acceptors (Lipinski definition) is 1. The van der Waals surface area contributed by atoms with E-state index in [1.807, 2.05) is 45.9 Å². The van der Waals surface area contributed by atoms with E-state index in [1.165, 1.54) is 0 Å². The molecule has 3 nitrogen and oxygen atoms in total. The van der Waals surface area contributed by atoms with Crippen LogP contribution < -0.4 is 10.6 Å². The average molecular weight is 234 g/mol. The van der Waals surface area contributed by atoms with Crippen LogP contribution in [-0.4, -0.2) is 18.6 Å². The van der Waals surface area contributed by atoms with E-state index in [2.05, 4.69) is 22.1 Å². The fourth-order valence-corrected chi connectivity index (χ4v) is 1.35. The Balaban J connectivity index is 5.19. The molecule has 0 saturated heterocycles. The van der Waals surface area contributed by atoms with Crippen molar-refractivity contribution in [2.24, 2.45) is 5.92 Å². The zero-order valence-electron chi connectivity index (χ0n) is 11.3. The van der Waals surface area contributed by atoms with Crippen molar-refractivity contribution in [3.63, 3.8) is 0 Å². The zero-order valence-corrected chi connectivity index (χ0v) is 11.3. The van der Waals surface area contributed by atoms with Crippen LogP contribution in [0.25, 0.3) is 0 Å². The molecule has 17 heavy (non-hydrogen) atoms. The molecule has 2 unspecified atom stereocenters. The first-order valence-electron chi connectivity index (χ1n) is 5.76. The second kappa shape index (κ2) is 7.56. The van der Waals surface area contributed by atoms with Crippen molar-refractivity contribution in [1.29, 1.82) is 0 Å². The van der Waals surface area contributed by atoms with Gasteiger partial charge in [0.15, 0.2) is 0 Å². The van der Waals surface area contributed by atoms with Crippen LogP contribution in [-0.2, 0) is 0 Å². The van der Waals surface area contributed by atoms with Gasteiger partial charge >= 0.3 is 6.03 Å². The van der Waals surface area contributed by atoms with E-state index >= 15 is 0 Å². The Kier molecular flexibility index (Phi) is 6.81. The van der Waals surface area contributed by atoms with Crippen LogP contribution in [0.15, 0.2) is 35.8 Å². The standard InChI is InChI=1S/C14H22N2O/c1-6-8-9-11-14(4,12(3)10-7-2)16-13(17)15-5/h6-7,10-12H,1-5H3,(H2,15,16,17)/b10-7-,11-6?. The maximum absolute atomic E-state index is 11.4. The highest BCUT2D eigenvalue weighted by molar-refractivity contribution is 5.74. The zero-order chi connectivity index (χ0) is 13.3. The third kappa shape index (κ3) is 5.26. The molecule has 0 saturated carbocycles. The molecule has 0 rings (SSSR count). The summed E-state index contributed by atoms with van der Waals surface area (Å²) in [5, 5.41) is 5.47. The van der Waals surface area contributed by atoms with E-state index in [0.29, 0.717) is 0 Å². The molecule has 0 radical (unpaired) electrons. The monoisotopic (exact) mass is 234 g/mol. The summed E-state index contributed by atoms with van der Waals surface area (Å²) < 4.78 is 0. The summed E-state index contributed by atoms with van der Waals surface area (Å²) in [5.41, 5.74) is 5.32. The maximum Gasteiger partial charge on any atom is 0.315 e. The Morgan fingerprint density at radius 2 is 2.00 bits per heavy atom. The average Bonchev–Trinajstić information content (AvgIpc) is 2.29. The lowest BCUT2D eigenvalue weighted by molar-refractivity contribution is 0.230. The molecule has 0 aromatic heterocycles. The van der Waals surface area contributed by atoms with E-state index in [9.17, 15) is 4.79 Å². The first-order valence-corrected chi connectivity index (χ1v) is 5.76. The Labute approximate surface area is 104 Å². The molecule has 0 aliphatic heterocycles. The highest BCUT2D eigenvalue weighted by Gasteiger charge is 2.28. The molecular formula is C14H22N2O. The molecule has 0 spiro atoms. The van der Waals surface area contributed by atoms with Gasteiger partial charge in [-0.25, -0.2) is 4.79 Å². The summed E-state index contributed by atoms with van der Waals surface area (Å²) in [5.74, 6) is 0.163. The quantitative estimate of drug-likeness (QED) is 0.570. The van der Waals surface area contributed by atoms with Gasteiger partial charge in [-0.3, -0.25) is 0 Å².